The highest BCUT2D eigenvalue weighted by molar-refractivity contribution is 5.91. The zero-order chi connectivity index (χ0) is 18.9. The first-order valence-corrected chi connectivity index (χ1v) is 10.6. The molecule has 0 bridgehead atoms. The van der Waals surface area contributed by atoms with Gasteiger partial charge in [0.1, 0.15) is 5.82 Å². The molecule has 7 nitrogen and oxygen atoms in total. The number of amides is 1. The molecule has 1 amide bonds. The molecule has 148 valence electrons. The zero-order valence-corrected chi connectivity index (χ0v) is 16.2. The van der Waals surface area contributed by atoms with Crippen molar-refractivity contribution in [3.8, 4) is 0 Å². The Hall–Kier alpha value is -2.28. The molecule has 0 unspecified atom stereocenters. The lowest BCUT2D eigenvalue weighted by molar-refractivity contribution is 0.0690. The first-order chi connectivity index (χ1) is 13.8. The highest BCUT2D eigenvalue weighted by Gasteiger charge is 2.28. The molecular formula is C21H27N5O2. The number of nitrogens with one attached hydrogen (secondary N) is 1. The SMILES string of the molecule is O=C(c1cc(C2CCCCC2)no1)N1CCc2nc([C@H]3CCCN3)ncc2C1. The molecule has 3 aliphatic rings. The van der Waals surface area contributed by atoms with Crippen LogP contribution in [0.15, 0.2) is 16.8 Å². The fourth-order valence-corrected chi connectivity index (χ4v) is 4.71. The molecule has 7 heteroatoms. The van der Waals surface area contributed by atoms with E-state index in [9.17, 15) is 4.79 Å². The maximum absolute atomic E-state index is 12.9. The number of carbonyl (C=O) groups is 1. The molecule has 1 aliphatic carbocycles. The maximum Gasteiger partial charge on any atom is 0.292 e. The van der Waals surface area contributed by atoms with E-state index in [1.807, 2.05) is 17.2 Å². The number of carbonyl (C=O) groups excluding carboxylic acids is 1. The summed E-state index contributed by atoms with van der Waals surface area (Å²) < 4.78 is 5.43. The molecule has 28 heavy (non-hydrogen) atoms. The Kier molecular flexibility index (Phi) is 4.84. The summed E-state index contributed by atoms with van der Waals surface area (Å²) in [4.78, 5) is 24.1. The van der Waals surface area contributed by atoms with Crippen LogP contribution in [-0.2, 0) is 13.0 Å². The largest absolute Gasteiger partial charge is 0.351 e. The Morgan fingerprint density at radius 1 is 1.18 bits per heavy atom. The van der Waals surface area contributed by atoms with Gasteiger partial charge < -0.3 is 14.7 Å². The highest BCUT2D eigenvalue weighted by atomic mass is 16.5. The number of hydrogen-bond acceptors (Lipinski definition) is 6. The van der Waals surface area contributed by atoms with Crippen LogP contribution in [0, 0.1) is 0 Å². The van der Waals surface area contributed by atoms with Gasteiger partial charge in [-0.2, -0.15) is 0 Å². The van der Waals surface area contributed by atoms with Crippen LogP contribution in [0.25, 0.3) is 0 Å². The van der Waals surface area contributed by atoms with Crippen molar-refractivity contribution in [2.75, 3.05) is 13.1 Å². The normalized spacial score (nSPS) is 23.0. The summed E-state index contributed by atoms with van der Waals surface area (Å²) >= 11 is 0. The van der Waals surface area contributed by atoms with Crippen LogP contribution in [0.5, 0.6) is 0 Å². The van der Waals surface area contributed by atoms with Gasteiger partial charge in [0, 0.05) is 43.3 Å². The molecule has 1 N–H and O–H groups in total. The molecule has 1 atom stereocenters. The van der Waals surface area contributed by atoms with Gasteiger partial charge in [-0.25, -0.2) is 9.97 Å². The van der Waals surface area contributed by atoms with E-state index in [1.54, 1.807) is 0 Å². The van der Waals surface area contributed by atoms with Gasteiger partial charge in [0.2, 0.25) is 5.76 Å². The van der Waals surface area contributed by atoms with Crippen molar-refractivity contribution >= 4 is 5.91 Å². The first kappa shape index (κ1) is 17.8. The van der Waals surface area contributed by atoms with Gasteiger partial charge in [-0.3, -0.25) is 4.79 Å². The summed E-state index contributed by atoms with van der Waals surface area (Å²) in [5.74, 6) is 1.61. The summed E-state index contributed by atoms with van der Waals surface area (Å²) in [5, 5.41) is 7.65. The minimum Gasteiger partial charge on any atom is -0.351 e. The molecule has 5 rings (SSSR count). The number of rotatable bonds is 3. The third-order valence-electron chi connectivity index (χ3n) is 6.37. The molecule has 0 radical (unpaired) electrons. The zero-order valence-electron chi connectivity index (χ0n) is 16.2. The lowest BCUT2D eigenvalue weighted by Crippen LogP contribution is -2.36. The molecular weight excluding hydrogens is 354 g/mol. The molecule has 2 aromatic rings. The van der Waals surface area contributed by atoms with E-state index in [-0.39, 0.29) is 11.9 Å². The van der Waals surface area contributed by atoms with E-state index >= 15 is 0 Å². The van der Waals surface area contributed by atoms with Crippen LogP contribution >= 0.6 is 0 Å². The lowest BCUT2D eigenvalue weighted by Gasteiger charge is -2.27. The predicted octanol–water partition coefficient (Wildman–Crippen LogP) is 3.14. The molecule has 2 aliphatic heterocycles. The third-order valence-corrected chi connectivity index (χ3v) is 6.37. The van der Waals surface area contributed by atoms with E-state index in [1.165, 1.54) is 25.7 Å². The van der Waals surface area contributed by atoms with Crippen molar-refractivity contribution < 1.29 is 9.32 Å². The molecule has 2 aromatic heterocycles. The Bertz CT molecular complexity index is 852. The minimum absolute atomic E-state index is 0.0817. The van der Waals surface area contributed by atoms with Crippen molar-refractivity contribution in [1.29, 1.82) is 0 Å². The van der Waals surface area contributed by atoms with Crippen LogP contribution in [0.3, 0.4) is 0 Å². The minimum atomic E-state index is -0.0817. The Labute approximate surface area is 164 Å². The van der Waals surface area contributed by atoms with Gasteiger partial charge in [0.15, 0.2) is 0 Å². The standard InChI is InChI=1S/C21H27N5O2/c27-21(19-11-18(25-28-19)14-5-2-1-3-6-14)26-10-8-16-15(13-26)12-23-20(24-16)17-7-4-9-22-17/h11-12,14,17,22H,1-10,13H2/t17-/m1/s1. The molecule has 1 saturated heterocycles. The van der Waals surface area contributed by atoms with E-state index in [4.69, 9.17) is 9.51 Å². The van der Waals surface area contributed by atoms with Crippen LogP contribution in [0.4, 0.5) is 0 Å². The summed E-state index contributed by atoms with van der Waals surface area (Å²) in [5.41, 5.74) is 3.05. The first-order valence-electron chi connectivity index (χ1n) is 10.6. The van der Waals surface area contributed by atoms with Crippen molar-refractivity contribution in [2.45, 2.75) is 69.9 Å². The quantitative estimate of drug-likeness (QED) is 0.879. The Morgan fingerprint density at radius 3 is 2.89 bits per heavy atom. The lowest BCUT2D eigenvalue weighted by atomic mass is 9.87. The molecule has 2 fully saturated rings. The monoisotopic (exact) mass is 381 g/mol. The number of hydrogen-bond donors (Lipinski definition) is 1. The summed E-state index contributed by atoms with van der Waals surface area (Å²) in [6, 6.07) is 2.14. The number of fused-ring (bicyclic) bond motifs is 1. The molecule has 4 heterocycles. The highest BCUT2D eigenvalue weighted by Crippen LogP contribution is 2.32. The van der Waals surface area contributed by atoms with E-state index < -0.39 is 0 Å². The predicted molar refractivity (Wildman–Crippen MR) is 103 cm³/mol. The van der Waals surface area contributed by atoms with Crippen LogP contribution < -0.4 is 5.32 Å². The van der Waals surface area contributed by atoms with Crippen molar-refractivity contribution in [3.63, 3.8) is 0 Å². The fraction of sp³-hybridized carbons (Fsp3) is 0.619. The Balaban J connectivity index is 1.28. The average Bonchev–Trinajstić information content (AvgIpc) is 3.45. The number of nitrogens with zero attached hydrogens (tertiary/aromatic N) is 4. The van der Waals surface area contributed by atoms with Crippen LogP contribution in [0.1, 0.15) is 90.2 Å². The van der Waals surface area contributed by atoms with Gasteiger partial charge in [0.25, 0.3) is 5.91 Å². The van der Waals surface area contributed by atoms with Crippen molar-refractivity contribution in [1.82, 2.24) is 25.3 Å². The second-order valence-electron chi connectivity index (χ2n) is 8.28. The fourth-order valence-electron chi connectivity index (χ4n) is 4.71. The average molecular weight is 381 g/mol. The van der Waals surface area contributed by atoms with Gasteiger partial charge in [-0.15, -0.1) is 0 Å². The summed E-state index contributed by atoms with van der Waals surface area (Å²) in [6.07, 6.45) is 11.0. The molecule has 0 aromatic carbocycles. The van der Waals surface area contributed by atoms with Crippen molar-refractivity contribution in [3.05, 3.63) is 40.8 Å². The number of aromatic nitrogens is 3. The van der Waals surface area contributed by atoms with Crippen molar-refractivity contribution in [2.24, 2.45) is 0 Å². The third kappa shape index (κ3) is 3.43. The Morgan fingerprint density at radius 2 is 2.07 bits per heavy atom. The van der Waals surface area contributed by atoms with Gasteiger partial charge >= 0.3 is 0 Å². The van der Waals surface area contributed by atoms with Gasteiger partial charge in [0.05, 0.1) is 17.4 Å². The summed E-state index contributed by atoms with van der Waals surface area (Å²) in [6.45, 7) is 2.22. The van der Waals surface area contributed by atoms with Gasteiger partial charge in [-0.1, -0.05) is 24.4 Å². The van der Waals surface area contributed by atoms with E-state index in [0.717, 1.165) is 55.0 Å². The topological polar surface area (TPSA) is 84.2 Å². The van der Waals surface area contributed by atoms with E-state index in [0.29, 0.717) is 24.8 Å². The molecule has 1 saturated carbocycles. The molecule has 0 spiro atoms. The van der Waals surface area contributed by atoms with Gasteiger partial charge in [-0.05, 0) is 32.2 Å². The maximum atomic E-state index is 12.9. The second kappa shape index (κ2) is 7.62. The van der Waals surface area contributed by atoms with Crippen LogP contribution in [-0.4, -0.2) is 39.0 Å². The summed E-state index contributed by atoms with van der Waals surface area (Å²) in [7, 11) is 0. The smallest absolute Gasteiger partial charge is 0.292 e. The second-order valence-corrected chi connectivity index (χ2v) is 8.28. The van der Waals surface area contributed by atoms with E-state index in [2.05, 4.69) is 15.5 Å². The van der Waals surface area contributed by atoms with Crippen LogP contribution in [0.2, 0.25) is 0 Å².